The average Bonchev–Trinajstić information content (AvgIpc) is 3.34. The van der Waals surface area contributed by atoms with Gasteiger partial charge in [-0.2, -0.15) is 4.98 Å². The third-order valence-electron chi connectivity index (χ3n) is 4.57. The summed E-state index contributed by atoms with van der Waals surface area (Å²) in [5, 5.41) is 4.06. The van der Waals surface area contributed by atoms with Crippen molar-refractivity contribution in [2.45, 2.75) is 18.8 Å². The van der Waals surface area contributed by atoms with Crippen molar-refractivity contribution in [3.05, 3.63) is 66.0 Å². The van der Waals surface area contributed by atoms with Gasteiger partial charge in [-0.25, -0.2) is 4.39 Å². The molecule has 26 heavy (non-hydrogen) atoms. The summed E-state index contributed by atoms with van der Waals surface area (Å²) >= 11 is 0. The maximum absolute atomic E-state index is 13.7. The van der Waals surface area contributed by atoms with Crippen molar-refractivity contribution in [3.8, 4) is 11.5 Å². The van der Waals surface area contributed by atoms with E-state index in [2.05, 4.69) is 15.1 Å². The van der Waals surface area contributed by atoms with E-state index in [4.69, 9.17) is 4.52 Å². The molecule has 3 aromatic rings. The van der Waals surface area contributed by atoms with E-state index in [0.717, 1.165) is 12.0 Å². The van der Waals surface area contributed by atoms with Gasteiger partial charge in [-0.3, -0.25) is 9.78 Å². The molecule has 1 atom stereocenters. The number of carbonyl (C=O) groups is 1. The van der Waals surface area contributed by atoms with Crippen molar-refractivity contribution < 1.29 is 13.7 Å². The highest BCUT2D eigenvalue weighted by Crippen LogP contribution is 2.27. The third-order valence-corrected chi connectivity index (χ3v) is 4.57. The topological polar surface area (TPSA) is 72.1 Å². The Bertz CT molecular complexity index is 913. The molecule has 1 fully saturated rings. The number of amides is 1. The minimum atomic E-state index is -0.350. The van der Waals surface area contributed by atoms with E-state index >= 15 is 0 Å². The average molecular weight is 352 g/mol. The lowest BCUT2D eigenvalue weighted by Crippen LogP contribution is -2.30. The minimum Gasteiger partial charge on any atom is -0.342 e. The number of benzene rings is 1. The van der Waals surface area contributed by atoms with Crippen LogP contribution in [0.4, 0.5) is 4.39 Å². The molecule has 0 aliphatic carbocycles. The number of pyridine rings is 1. The van der Waals surface area contributed by atoms with Gasteiger partial charge in [-0.1, -0.05) is 23.4 Å². The van der Waals surface area contributed by atoms with Crippen LogP contribution in [0.5, 0.6) is 0 Å². The molecule has 0 bridgehead atoms. The Morgan fingerprint density at radius 3 is 2.85 bits per heavy atom. The van der Waals surface area contributed by atoms with Gasteiger partial charge in [0, 0.05) is 37.0 Å². The maximum atomic E-state index is 13.7. The highest BCUT2D eigenvalue weighted by molar-refractivity contribution is 5.79. The van der Waals surface area contributed by atoms with Crippen molar-refractivity contribution in [1.29, 1.82) is 0 Å². The lowest BCUT2D eigenvalue weighted by molar-refractivity contribution is -0.129. The molecule has 6 nitrogen and oxygen atoms in total. The second-order valence-electron chi connectivity index (χ2n) is 6.29. The van der Waals surface area contributed by atoms with Gasteiger partial charge in [0.25, 0.3) is 5.89 Å². The quantitative estimate of drug-likeness (QED) is 0.722. The third kappa shape index (κ3) is 3.33. The van der Waals surface area contributed by atoms with E-state index in [1.54, 1.807) is 47.6 Å². The SMILES string of the molecule is O=C(Cc1ccccc1F)N1CCC(c2noc(-c3ccncc3)n2)C1. The van der Waals surface area contributed by atoms with E-state index in [0.29, 0.717) is 30.4 Å². The van der Waals surface area contributed by atoms with E-state index in [9.17, 15) is 9.18 Å². The molecule has 132 valence electrons. The Morgan fingerprint density at radius 2 is 2.04 bits per heavy atom. The van der Waals surface area contributed by atoms with Gasteiger partial charge in [0.1, 0.15) is 5.82 Å². The first-order valence-electron chi connectivity index (χ1n) is 8.46. The molecule has 3 heterocycles. The van der Waals surface area contributed by atoms with Crippen LogP contribution in [0.15, 0.2) is 53.3 Å². The molecule has 0 N–H and O–H groups in total. The monoisotopic (exact) mass is 352 g/mol. The Morgan fingerprint density at radius 1 is 1.23 bits per heavy atom. The number of nitrogens with zero attached hydrogens (tertiary/aromatic N) is 4. The predicted octanol–water partition coefficient (Wildman–Crippen LogP) is 2.83. The Balaban J connectivity index is 1.42. The van der Waals surface area contributed by atoms with Gasteiger partial charge in [0.05, 0.1) is 6.42 Å². The fourth-order valence-corrected chi connectivity index (χ4v) is 3.13. The summed E-state index contributed by atoms with van der Waals surface area (Å²) < 4.78 is 19.1. The van der Waals surface area contributed by atoms with Gasteiger partial charge in [0.2, 0.25) is 5.91 Å². The van der Waals surface area contributed by atoms with Crippen LogP contribution in [0.1, 0.15) is 23.7 Å². The zero-order chi connectivity index (χ0) is 17.9. The van der Waals surface area contributed by atoms with Gasteiger partial charge in [-0.05, 0) is 30.2 Å². The summed E-state index contributed by atoms with van der Waals surface area (Å²) in [7, 11) is 0. The van der Waals surface area contributed by atoms with Crippen molar-refractivity contribution in [1.82, 2.24) is 20.0 Å². The fourth-order valence-electron chi connectivity index (χ4n) is 3.13. The molecule has 1 aromatic carbocycles. The molecule has 2 aromatic heterocycles. The van der Waals surface area contributed by atoms with Crippen LogP contribution in [-0.2, 0) is 11.2 Å². The number of likely N-dealkylation sites (tertiary alicyclic amines) is 1. The van der Waals surface area contributed by atoms with Crippen molar-refractivity contribution in [3.63, 3.8) is 0 Å². The molecule has 0 spiro atoms. The van der Waals surface area contributed by atoms with Crippen LogP contribution in [-0.4, -0.2) is 39.0 Å². The second kappa shape index (κ2) is 7.03. The predicted molar refractivity (Wildman–Crippen MR) is 91.6 cm³/mol. The number of halogens is 1. The number of hydrogen-bond acceptors (Lipinski definition) is 5. The normalized spacial score (nSPS) is 16.8. The number of aromatic nitrogens is 3. The van der Waals surface area contributed by atoms with Crippen LogP contribution in [0.2, 0.25) is 0 Å². The van der Waals surface area contributed by atoms with Gasteiger partial charge in [0.15, 0.2) is 5.82 Å². The first-order valence-corrected chi connectivity index (χ1v) is 8.46. The van der Waals surface area contributed by atoms with Crippen LogP contribution < -0.4 is 0 Å². The van der Waals surface area contributed by atoms with E-state index < -0.39 is 0 Å². The molecule has 1 aliphatic heterocycles. The molecule has 0 radical (unpaired) electrons. The molecule has 4 rings (SSSR count). The van der Waals surface area contributed by atoms with Crippen LogP contribution in [0.3, 0.4) is 0 Å². The smallest absolute Gasteiger partial charge is 0.258 e. The molecule has 1 aliphatic rings. The highest BCUT2D eigenvalue weighted by Gasteiger charge is 2.30. The first-order chi connectivity index (χ1) is 12.7. The molecular formula is C19H17FN4O2. The zero-order valence-corrected chi connectivity index (χ0v) is 14.0. The zero-order valence-electron chi connectivity index (χ0n) is 14.0. The van der Waals surface area contributed by atoms with Crippen LogP contribution >= 0.6 is 0 Å². The van der Waals surface area contributed by atoms with Crippen molar-refractivity contribution in [2.75, 3.05) is 13.1 Å². The lowest BCUT2D eigenvalue weighted by Gasteiger charge is -2.16. The summed E-state index contributed by atoms with van der Waals surface area (Å²) in [5.74, 6) is 0.627. The Hall–Kier alpha value is -3.09. The number of carbonyl (C=O) groups excluding carboxylic acids is 1. The minimum absolute atomic E-state index is 0.0268. The van der Waals surface area contributed by atoms with Gasteiger partial charge in [-0.15, -0.1) is 0 Å². The van der Waals surface area contributed by atoms with E-state index in [1.165, 1.54) is 6.07 Å². The summed E-state index contributed by atoms with van der Waals surface area (Å²) in [5.41, 5.74) is 1.23. The first kappa shape index (κ1) is 16.4. The van der Waals surface area contributed by atoms with E-state index in [-0.39, 0.29) is 24.1 Å². The standard InChI is InChI=1S/C19H17FN4O2/c20-16-4-2-1-3-14(16)11-17(25)24-10-7-15(12-24)18-22-19(26-23-18)13-5-8-21-9-6-13/h1-6,8-9,15H,7,10-12H2. The molecule has 1 saturated heterocycles. The van der Waals surface area contributed by atoms with Crippen LogP contribution in [0, 0.1) is 5.82 Å². The van der Waals surface area contributed by atoms with Crippen molar-refractivity contribution >= 4 is 5.91 Å². The second-order valence-corrected chi connectivity index (χ2v) is 6.29. The number of rotatable bonds is 4. The van der Waals surface area contributed by atoms with Gasteiger partial charge >= 0.3 is 0 Å². The van der Waals surface area contributed by atoms with E-state index in [1.807, 2.05) is 0 Å². The number of hydrogen-bond donors (Lipinski definition) is 0. The Labute approximate surface area is 149 Å². The molecule has 1 unspecified atom stereocenters. The van der Waals surface area contributed by atoms with Crippen molar-refractivity contribution in [2.24, 2.45) is 0 Å². The summed E-state index contributed by atoms with van der Waals surface area (Å²) in [4.78, 5) is 22.6. The lowest BCUT2D eigenvalue weighted by atomic mass is 10.1. The molecule has 7 heteroatoms. The van der Waals surface area contributed by atoms with Crippen LogP contribution in [0.25, 0.3) is 11.5 Å². The highest BCUT2D eigenvalue weighted by atomic mass is 19.1. The summed E-state index contributed by atoms with van der Waals surface area (Å²) in [6, 6.07) is 9.97. The largest absolute Gasteiger partial charge is 0.342 e. The Kier molecular flexibility index (Phi) is 4.43. The fraction of sp³-hybridized carbons (Fsp3) is 0.263. The molecular weight excluding hydrogens is 335 g/mol. The summed E-state index contributed by atoms with van der Waals surface area (Å²) in [6.45, 7) is 1.12. The van der Waals surface area contributed by atoms with Gasteiger partial charge < -0.3 is 9.42 Å². The molecule has 1 amide bonds. The summed E-state index contributed by atoms with van der Waals surface area (Å²) in [6.07, 6.45) is 4.15. The molecule has 0 saturated carbocycles. The maximum Gasteiger partial charge on any atom is 0.258 e.